The molecular formula is C12H25NO6S. The number of hydrogen-bond acceptors (Lipinski definition) is 6. The van der Waals surface area contributed by atoms with Crippen LogP contribution in [-0.2, 0) is 24.1 Å². The van der Waals surface area contributed by atoms with Crippen molar-refractivity contribution >= 4 is 16.4 Å². The molecule has 0 spiro atoms. The molecule has 0 rings (SSSR count). The van der Waals surface area contributed by atoms with E-state index in [4.69, 9.17) is 4.74 Å². The topological polar surface area (TPSA) is 120 Å². The minimum Gasteiger partial charge on any atom is -0.726 e. The highest BCUT2D eigenvalue weighted by Gasteiger charge is 2.32. The molecule has 0 aliphatic carbocycles. The van der Waals surface area contributed by atoms with E-state index in [-0.39, 0.29) is 18.6 Å². The van der Waals surface area contributed by atoms with Crippen LogP contribution in [0.25, 0.3) is 0 Å². The lowest BCUT2D eigenvalue weighted by Crippen LogP contribution is -2.70. The van der Waals surface area contributed by atoms with Gasteiger partial charge in [-0.15, -0.1) is 0 Å². The number of carbonyl (C=O) groups excluding carboxylic acids is 1. The predicted octanol–water partition coefficient (Wildman–Crippen LogP) is 0.388. The van der Waals surface area contributed by atoms with Gasteiger partial charge in [-0.25, -0.2) is 13.2 Å². The van der Waals surface area contributed by atoms with Crippen LogP contribution in [0, 0.1) is 0 Å². The van der Waals surface area contributed by atoms with E-state index in [1.165, 1.54) is 6.92 Å². The molecule has 8 heteroatoms. The molecule has 0 fully saturated rings. The second-order valence-corrected chi connectivity index (χ2v) is 5.75. The summed E-state index contributed by atoms with van der Waals surface area (Å²) in [5.74, 6) is -0.341. The number of quaternary nitrogens is 1. The zero-order chi connectivity index (χ0) is 16.6. The standard InChI is InChI=1S/C10H19NO2.C2H6O4S/c1-6-8(11)10(4,5)13-9(12)7(2)3;1-2-6-7(3,4)5/h8H,2,6,11H2,1,3-5H3;2H2,1H3,(H,3,4,5). The average Bonchev–Trinajstić information content (AvgIpc) is 2.26. The molecule has 120 valence electrons. The van der Waals surface area contributed by atoms with E-state index >= 15 is 0 Å². The maximum absolute atomic E-state index is 11.2. The molecule has 1 unspecified atom stereocenters. The van der Waals surface area contributed by atoms with E-state index in [0.29, 0.717) is 5.57 Å². The highest BCUT2D eigenvalue weighted by molar-refractivity contribution is 7.80. The van der Waals surface area contributed by atoms with Gasteiger partial charge >= 0.3 is 5.97 Å². The van der Waals surface area contributed by atoms with Crippen LogP contribution >= 0.6 is 0 Å². The van der Waals surface area contributed by atoms with Gasteiger partial charge < -0.3 is 15.0 Å². The van der Waals surface area contributed by atoms with E-state index in [9.17, 15) is 17.8 Å². The first-order valence-corrected chi connectivity index (χ1v) is 7.52. The molecule has 0 amide bonds. The SMILES string of the molecule is C=C(C)C(=O)OC(C)(C)C([NH3+])CC.CCOS(=O)(=O)[O-]. The third-order valence-electron chi connectivity index (χ3n) is 2.44. The van der Waals surface area contributed by atoms with E-state index < -0.39 is 16.0 Å². The Kier molecular flexibility index (Phi) is 9.67. The molecule has 20 heavy (non-hydrogen) atoms. The lowest BCUT2D eigenvalue weighted by molar-refractivity contribution is -0.450. The lowest BCUT2D eigenvalue weighted by atomic mass is 9.97. The summed E-state index contributed by atoms with van der Waals surface area (Å²) in [4.78, 5) is 11.2. The second kappa shape index (κ2) is 9.06. The number of rotatable bonds is 6. The normalized spacial score (nSPS) is 12.9. The fourth-order valence-corrected chi connectivity index (χ4v) is 1.33. The third kappa shape index (κ3) is 10.9. The van der Waals surface area contributed by atoms with Crippen LogP contribution in [0.5, 0.6) is 0 Å². The fourth-order valence-electron chi connectivity index (χ4n) is 1.05. The average molecular weight is 311 g/mol. The Morgan fingerprint density at radius 2 is 1.85 bits per heavy atom. The van der Waals surface area contributed by atoms with Crippen LogP contribution in [0.3, 0.4) is 0 Å². The van der Waals surface area contributed by atoms with Crippen LogP contribution in [0.1, 0.15) is 41.0 Å². The summed E-state index contributed by atoms with van der Waals surface area (Å²) in [5, 5.41) is 0. The first kappa shape index (κ1) is 21.3. The van der Waals surface area contributed by atoms with E-state index in [0.717, 1.165) is 6.42 Å². The van der Waals surface area contributed by atoms with Crippen molar-refractivity contribution in [2.24, 2.45) is 0 Å². The quantitative estimate of drug-likeness (QED) is 0.328. The van der Waals surface area contributed by atoms with Crippen molar-refractivity contribution in [3.8, 4) is 0 Å². The van der Waals surface area contributed by atoms with Crippen molar-refractivity contribution in [1.29, 1.82) is 0 Å². The van der Waals surface area contributed by atoms with Gasteiger partial charge in [-0.3, -0.25) is 4.18 Å². The molecule has 0 saturated heterocycles. The van der Waals surface area contributed by atoms with Crippen LogP contribution in [0.2, 0.25) is 0 Å². The van der Waals surface area contributed by atoms with Crippen molar-refractivity contribution in [2.45, 2.75) is 52.7 Å². The summed E-state index contributed by atoms with van der Waals surface area (Å²) in [7, 11) is -4.42. The van der Waals surface area contributed by atoms with Crippen molar-refractivity contribution in [2.75, 3.05) is 6.61 Å². The van der Waals surface area contributed by atoms with Gasteiger partial charge in [0.05, 0.1) is 6.61 Å². The Bertz CT molecular complexity index is 416. The Labute approximate surface area is 121 Å². The summed E-state index contributed by atoms with van der Waals surface area (Å²) in [5.41, 5.74) is 3.85. The molecule has 0 aromatic rings. The van der Waals surface area contributed by atoms with Gasteiger partial charge in [-0.1, -0.05) is 13.5 Å². The minimum atomic E-state index is -4.42. The fraction of sp³-hybridized carbons (Fsp3) is 0.750. The summed E-state index contributed by atoms with van der Waals surface area (Å²) in [6.45, 7) is 12.3. The highest BCUT2D eigenvalue weighted by atomic mass is 32.3. The van der Waals surface area contributed by atoms with Gasteiger partial charge in [-0.05, 0) is 27.7 Å². The zero-order valence-corrected chi connectivity index (χ0v) is 13.6. The molecule has 0 heterocycles. The molecule has 0 aromatic carbocycles. The van der Waals surface area contributed by atoms with Gasteiger partial charge in [-0.2, -0.15) is 0 Å². The Balaban J connectivity index is 0. The Morgan fingerprint density at radius 3 is 2.05 bits per heavy atom. The van der Waals surface area contributed by atoms with Crippen molar-refractivity contribution in [3.63, 3.8) is 0 Å². The highest BCUT2D eigenvalue weighted by Crippen LogP contribution is 2.16. The van der Waals surface area contributed by atoms with Crippen LogP contribution in [-0.4, -0.2) is 37.2 Å². The maximum Gasteiger partial charge on any atom is 0.333 e. The summed E-state index contributed by atoms with van der Waals surface area (Å²) in [6.07, 6.45) is 0.885. The lowest BCUT2D eigenvalue weighted by Gasteiger charge is -2.27. The Morgan fingerprint density at radius 1 is 1.40 bits per heavy atom. The van der Waals surface area contributed by atoms with Gasteiger partial charge in [0.15, 0.2) is 5.60 Å². The molecule has 7 nitrogen and oxygen atoms in total. The molecule has 0 aliphatic heterocycles. The first-order valence-electron chi connectivity index (χ1n) is 6.19. The molecule has 3 N–H and O–H groups in total. The van der Waals surface area contributed by atoms with Crippen LogP contribution < -0.4 is 5.73 Å². The summed E-state index contributed by atoms with van der Waals surface area (Å²) < 4.78 is 37.3. The van der Waals surface area contributed by atoms with Gasteiger partial charge in [0, 0.05) is 12.0 Å². The second-order valence-electron chi connectivity index (χ2n) is 4.69. The van der Waals surface area contributed by atoms with E-state index in [1.807, 2.05) is 20.8 Å². The summed E-state index contributed by atoms with van der Waals surface area (Å²) in [6, 6.07) is 0.107. The Hall–Kier alpha value is -0.960. The summed E-state index contributed by atoms with van der Waals surface area (Å²) >= 11 is 0. The van der Waals surface area contributed by atoms with E-state index in [2.05, 4.69) is 16.5 Å². The third-order valence-corrected chi connectivity index (χ3v) is 2.97. The number of ether oxygens (including phenoxy) is 1. The monoisotopic (exact) mass is 311 g/mol. The van der Waals surface area contributed by atoms with Crippen molar-refractivity contribution in [1.82, 2.24) is 0 Å². The molecule has 0 aromatic heterocycles. The molecule has 0 saturated carbocycles. The van der Waals surface area contributed by atoms with Crippen LogP contribution in [0.15, 0.2) is 12.2 Å². The smallest absolute Gasteiger partial charge is 0.333 e. The van der Waals surface area contributed by atoms with Crippen molar-refractivity contribution in [3.05, 3.63) is 12.2 Å². The molecule has 0 aliphatic rings. The molecule has 1 atom stereocenters. The first-order chi connectivity index (χ1) is 8.87. The predicted molar refractivity (Wildman–Crippen MR) is 73.3 cm³/mol. The maximum atomic E-state index is 11.2. The van der Waals surface area contributed by atoms with E-state index in [1.54, 1.807) is 6.92 Å². The molecule has 0 radical (unpaired) electrons. The number of hydrogen-bond donors (Lipinski definition) is 1. The minimum absolute atomic E-state index is 0.0914. The van der Waals surface area contributed by atoms with Crippen molar-refractivity contribution < 1.29 is 32.4 Å². The van der Waals surface area contributed by atoms with Gasteiger partial charge in [0.2, 0.25) is 10.4 Å². The molecule has 0 bridgehead atoms. The number of esters is 1. The number of carbonyl (C=O) groups is 1. The molecular weight excluding hydrogens is 286 g/mol. The van der Waals surface area contributed by atoms with Crippen LogP contribution in [0.4, 0.5) is 0 Å². The van der Waals surface area contributed by atoms with Gasteiger partial charge in [0.1, 0.15) is 6.04 Å². The van der Waals surface area contributed by atoms with Gasteiger partial charge in [0.25, 0.3) is 0 Å². The zero-order valence-electron chi connectivity index (χ0n) is 12.8. The largest absolute Gasteiger partial charge is 0.726 e.